The van der Waals surface area contributed by atoms with Crippen LogP contribution in [0.2, 0.25) is 0 Å². The fourth-order valence-corrected chi connectivity index (χ4v) is 2.23. The first-order valence-corrected chi connectivity index (χ1v) is 10.2. The monoisotopic (exact) mass is 549 g/mol. The number of aliphatic hydroxyl groups is 1. The molecule has 39 heavy (non-hydrogen) atoms. The third-order valence-electron chi connectivity index (χ3n) is 3.91. The molecule has 0 unspecified atom stereocenters. The Balaban J connectivity index is -0.000000410. The number of nitrogens with zero attached hydrogens (tertiary/aromatic N) is 3. The van der Waals surface area contributed by atoms with Crippen molar-refractivity contribution in [3.05, 3.63) is 70.4 Å². The number of nitriles is 1. The molecule has 0 radical (unpaired) electrons. The zero-order valence-corrected chi connectivity index (χ0v) is 19.6. The fourth-order valence-electron chi connectivity index (χ4n) is 2.23. The first-order valence-electron chi connectivity index (χ1n) is 10.2. The van der Waals surface area contributed by atoms with Gasteiger partial charge >= 0.3 is 0 Å². The van der Waals surface area contributed by atoms with Gasteiger partial charge in [0.25, 0.3) is 0 Å². The molecule has 0 aliphatic rings. The van der Waals surface area contributed by atoms with Gasteiger partial charge in [-0.25, -0.2) is 4.85 Å². The van der Waals surface area contributed by atoms with E-state index in [2.05, 4.69) is 20.5 Å². The fraction of sp³-hybridized carbons (Fsp3) is 0.464. The van der Waals surface area contributed by atoms with Crippen LogP contribution in [-0.4, -0.2) is 59.4 Å². The predicted octanol–water partition coefficient (Wildman–Crippen LogP) is 6.45. The SMILES string of the molecule is C.C.C.C.COCOCOCCO.[C-]#[N+]c1ccc(OCOCOCOc2ccc(C)c(C#N)c2)cc1[N+]#[C-]. The van der Waals surface area contributed by atoms with Crippen molar-refractivity contribution in [1.29, 1.82) is 5.26 Å². The van der Waals surface area contributed by atoms with Gasteiger partial charge in [0.15, 0.2) is 31.8 Å². The molecule has 2 rings (SSSR count). The van der Waals surface area contributed by atoms with Gasteiger partial charge in [-0.3, -0.25) is 4.85 Å². The highest BCUT2D eigenvalue weighted by Gasteiger charge is 2.04. The van der Waals surface area contributed by atoms with Gasteiger partial charge in [0.2, 0.25) is 0 Å². The quantitative estimate of drug-likeness (QED) is 0.161. The van der Waals surface area contributed by atoms with Gasteiger partial charge in [-0.05, 0) is 36.8 Å². The number of hydrogen-bond acceptors (Lipinski definition) is 9. The molecule has 0 aliphatic carbocycles. The summed E-state index contributed by atoms with van der Waals surface area (Å²) in [4.78, 5) is 6.52. The van der Waals surface area contributed by atoms with E-state index in [1.165, 1.54) is 19.2 Å². The standard InChI is InChI=1S/C19H15N3O4.C5H12O4.4CH4/c1-14-4-5-16(8-15(14)10-20)25-12-23-11-24-13-26-17-6-7-18(21-2)19(9-17)22-3;1-7-4-9-5-8-3-2-6;;;;/h4-9H,11-13H2,1H3;6H,2-5H2,1H3;4*1H4. The van der Waals surface area contributed by atoms with Gasteiger partial charge in [-0.15, -0.1) is 0 Å². The summed E-state index contributed by atoms with van der Waals surface area (Å²) in [6.07, 6.45) is 0. The van der Waals surface area contributed by atoms with Crippen LogP contribution in [0.4, 0.5) is 11.4 Å². The van der Waals surface area contributed by atoms with Crippen molar-refractivity contribution < 1.29 is 38.3 Å². The van der Waals surface area contributed by atoms with Crippen LogP contribution in [0.15, 0.2) is 36.4 Å². The Hall–Kier alpha value is -3.73. The molecule has 0 atom stereocenters. The van der Waals surface area contributed by atoms with Crippen LogP contribution in [0.5, 0.6) is 11.5 Å². The van der Waals surface area contributed by atoms with E-state index >= 15 is 0 Å². The van der Waals surface area contributed by atoms with Gasteiger partial charge < -0.3 is 38.3 Å². The molecule has 1 N–H and O–H groups in total. The molecule has 0 spiro atoms. The normalized spacial score (nSPS) is 8.72. The van der Waals surface area contributed by atoms with E-state index in [0.717, 1.165) is 5.56 Å². The van der Waals surface area contributed by atoms with Crippen molar-refractivity contribution in [2.45, 2.75) is 36.6 Å². The van der Waals surface area contributed by atoms with E-state index in [4.69, 9.17) is 51.9 Å². The van der Waals surface area contributed by atoms with Gasteiger partial charge in [-0.2, -0.15) is 5.26 Å². The molecule has 0 aromatic heterocycles. The molecular weight excluding hydrogens is 506 g/mol. The zero-order valence-electron chi connectivity index (χ0n) is 19.6. The highest BCUT2D eigenvalue weighted by Crippen LogP contribution is 2.31. The van der Waals surface area contributed by atoms with Crippen molar-refractivity contribution in [1.82, 2.24) is 0 Å². The summed E-state index contributed by atoms with van der Waals surface area (Å²) >= 11 is 0. The molecule has 0 bridgehead atoms. The van der Waals surface area contributed by atoms with Gasteiger partial charge in [0.1, 0.15) is 25.1 Å². The summed E-state index contributed by atoms with van der Waals surface area (Å²) in [5.41, 5.74) is 1.95. The Labute approximate surface area is 234 Å². The summed E-state index contributed by atoms with van der Waals surface area (Å²) in [5, 5.41) is 17.2. The van der Waals surface area contributed by atoms with Crippen molar-refractivity contribution in [2.75, 3.05) is 54.3 Å². The van der Waals surface area contributed by atoms with E-state index in [-0.39, 0.29) is 81.7 Å². The van der Waals surface area contributed by atoms with Crippen LogP contribution >= 0.6 is 0 Å². The molecule has 0 saturated carbocycles. The molecule has 0 aliphatic heterocycles. The number of rotatable bonds is 14. The third-order valence-corrected chi connectivity index (χ3v) is 3.91. The van der Waals surface area contributed by atoms with E-state index in [1.807, 2.05) is 6.92 Å². The van der Waals surface area contributed by atoms with Crippen LogP contribution in [0.1, 0.15) is 40.8 Å². The predicted molar refractivity (Wildman–Crippen MR) is 151 cm³/mol. The Bertz CT molecular complexity index is 1010. The summed E-state index contributed by atoms with van der Waals surface area (Å²) in [5.74, 6) is 0.971. The van der Waals surface area contributed by atoms with E-state index < -0.39 is 0 Å². The number of methoxy groups -OCH3 is 1. The van der Waals surface area contributed by atoms with Crippen molar-refractivity contribution in [2.24, 2.45) is 0 Å². The number of aryl methyl sites for hydroxylation is 1. The molecular formula is C28H43N3O8. The largest absolute Gasteiger partial charge is 0.469 e. The molecule has 0 heterocycles. The molecule has 218 valence electrons. The minimum Gasteiger partial charge on any atom is -0.469 e. The minimum atomic E-state index is -0.0715. The van der Waals surface area contributed by atoms with Gasteiger partial charge in [0, 0.05) is 7.11 Å². The highest BCUT2D eigenvalue weighted by atomic mass is 16.8. The minimum absolute atomic E-state index is 0. The Morgan fingerprint density at radius 1 is 0.769 bits per heavy atom. The van der Waals surface area contributed by atoms with Crippen LogP contribution in [-0.2, 0) is 23.7 Å². The topological polar surface area (TPSA) is 117 Å². The van der Waals surface area contributed by atoms with Crippen molar-refractivity contribution >= 4 is 11.4 Å². The number of hydrogen-bond donors (Lipinski definition) is 1. The number of ether oxygens (including phenoxy) is 7. The second-order valence-corrected chi connectivity index (χ2v) is 6.37. The van der Waals surface area contributed by atoms with Crippen molar-refractivity contribution in [3.8, 4) is 17.6 Å². The summed E-state index contributed by atoms with van der Waals surface area (Å²) < 4.78 is 35.0. The average molecular weight is 550 g/mol. The third kappa shape index (κ3) is 18.2. The van der Waals surface area contributed by atoms with Crippen LogP contribution in [0.3, 0.4) is 0 Å². The molecule has 2 aromatic rings. The molecule has 0 amide bonds. The highest BCUT2D eigenvalue weighted by molar-refractivity contribution is 5.72. The first-order chi connectivity index (χ1) is 17.1. The number of aliphatic hydroxyl groups excluding tert-OH is 1. The van der Waals surface area contributed by atoms with Crippen LogP contribution in [0.25, 0.3) is 9.69 Å². The second-order valence-electron chi connectivity index (χ2n) is 6.37. The lowest BCUT2D eigenvalue weighted by Crippen LogP contribution is -2.10. The lowest BCUT2D eigenvalue weighted by atomic mass is 10.1. The summed E-state index contributed by atoms with van der Waals surface area (Å²) in [6.45, 7) is 16.4. The molecule has 11 nitrogen and oxygen atoms in total. The van der Waals surface area contributed by atoms with Gasteiger partial charge in [0.05, 0.1) is 38.0 Å². The summed E-state index contributed by atoms with van der Waals surface area (Å²) in [6, 6.07) is 11.9. The van der Waals surface area contributed by atoms with Crippen LogP contribution < -0.4 is 9.47 Å². The maximum absolute atomic E-state index is 8.97. The number of benzene rings is 2. The smallest absolute Gasteiger partial charge is 0.198 e. The van der Waals surface area contributed by atoms with E-state index in [9.17, 15) is 0 Å². The van der Waals surface area contributed by atoms with Crippen molar-refractivity contribution in [3.63, 3.8) is 0 Å². The second kappa shape index (κ2) is 27.3. The maximum atomic E-state index is 8.97. The maximum Gasteiger partial charge on any atom is 0.198 e. The average Bonchev–Trinajstić information content (AvgIpc) is 2.89. The van der Waals surface area contributed by atoms with Gasteiger partial charge in [-0.1, -0.05) is 41.8 Å². The van der Waals surface area contributed by atoms with Crippen LogP contribution in [0, 0.1) is 31.4 Å². The molecule has 2 aromatic carbocycles. The molecule has 11 heteroatoms. The summed E-state index contributed by atoms with van der Waals surface area (Å²) in [7, 11) is 1.53. The Kier molecular flexibility index (Phi) is 29.7. The Morgan fingerprint density at radius 3 is 1.85 bits per heavy atom. The Morgan fingerprint density at radius 2 is 1.31 bits per heavy atom. The zero-order chi connectivity index (χ0) is 25.7. The molecule has 0 fully saturated rings. The molecule has 0 saturated heterocycles. The lowest BCUT2D eigenvalue weighted by molar-refractivity contribution is -0.130. The van der Waals surface area contributed by atoms with E-state index in [1.54, 1.807) is 24.3 Å². The lowest BCUT2D eigenvalue weighted by Gasteiger charge is -2.10. The first kappa shape index (κ1) is 42.4. The van der Waals surface area contributed by atoms with E-state index in [0.29, 0.717) is 23.7 Å².